The lowest BCUT2D eigenvalue weighted by atomic mass is 10.1. The van der Waals surface area contributed by atoms with Crippen molar-refractivity contribution in [3.05, 3.63) is 47.9 Å². The fourth-order valence-electron chi connectivity index (χ4n) is 1.52. The minimum atomic E-state index is 0.0957. The average Bonchev–Trinajstić information content (AvgIpc) is 2.89. The van der Waals surface area contributed by atoms with Gasteiger partial charge in [0.25, 0.3) is 0 Å². The van der Waals surface area contributed by atoms with Crippen LogP contribution >= 0.6 is 0 Å². The fraction of sp³-hybridized carbons (Fsp3) is 0.308. The fourth-order valence-corrected chi connectivity index (χ4v) is 1.52. The maximum Gasteiger partial charge on any atom is 0.174 e. The summed E-state index contributed by atoms with van der Waals surface area (Å²) in [4.78, 5) is 0. The summed E-state index contributed by atoms with van der Waals surface area (Å²) in [6, 6.07) is 9.69. The first-order valence-electron chi connectivity index (χ1n) is 5.67. The molecule has 0 amide bonds. The van der Waals surface area contributed by atoms with Crippen molar-refractivity contribution in [3.8, 4) is 5.75 Å². The largest absolute Gasteiger partial charge is 0.486 e. The highest BCUT2D eigenvalue weighted by molar-refractivity contribution is 5.29. The first-order chi connectivity index (χ1) is 8.29. The zero-order valence-corrected chi connectivity index (χ0v) is 9.80. The summed E-state index contributed by atoms with van der Waals surface area (Å²) >= 11 is 0. The van der Waals surface area contributed by atoms with Crippen molar-refractivity contribution in [3.63, 3.8) is 0 Å². The summed E-state index contributed by atoms with van der Waals surface area (Å²) in [5, 5.41) is 3.61. The van der Waals surface area contributed by atoms with Crippen molar-refractivity contribution in [1.82, 2.24) is 5.16 Å². The minimum Gasteiger partial charge on any atom is -0.486 e. The lowest BCUT2D eigenvalue weighted by Crippen LogP contribution is -2.08. The van der Waals surface area contributed by atoms with Gasteiger partial charge in [0.05, 0.1) is 6.20 Å². The molecule has 0 unspecified atom stereocenters. The highest BCUT2D eigenvalue weighted by Gasteiger charge is 2.03. The van der Waals surface area contributed by atoms with E-state index in [2.05, 4.69) is 12.1 Å². The molecule has 2 rings (SSSR count). The first-order valence-corrected chi connectivity index (χ1v) is 5.67. The average molecular weight is 232 g/mol. The molecular weight excluding hydrogens is 216 g/mol. The summed E-state index contributed by atoms with van der Waals surface area (Å²) in [6.45, 7) is 2.46. The number of nitrogens with zero attached hydrogens (tertiary/aromatic N) is 1. The molecule has 1 atom stereocenters. The normalized spacial score (nSPS) is 12.4. The van der Waals surface area contributed by atoms with Crippen molar-refractivity contribution in [1.29, 1.82) is 0 Å². The Labute approximate surface area is 100 Å². The second-order valence-electron chi connectivity index (χ2n) is 3.85. The summed E-state index contributed by atoms with van der Waals surface area (Å²) in [6.07, 6.45) is 2.53. The molecule has 4 nitrogen and oxygen atoms in total. The minimum absolute atomic E-state index is 0.0957. The van der Waals surface area contributed by atoms with Crippen LogP contribution in [0.5, 0.6) is 5.75 Å². The van der Waals surface area contributed by atoms with Gasteiger partial charge >= 0.3 is 0 Å². The zero-order valence-electron chi connectivity index (χ0n) is 9.80. The van der Waals surface area contributed by atoms with Gasteiger partial charge < -0.3 is 15.0 Å². The van der Waals surface area contributed by atoms with Crippen molar-refractivity contribution >= 4 is 0 Å². The van der Waals surface area contributed by atoms with Crippen molar-refractivity contribution in [2.24, 2.45) is 5.73 Å². The molecule has 0 aliphatic heterocycles. The molecule has 0 fully saturated rings. The van der Waals surface area contributed by atoms with Gasteiger partial charge in [-0.15, -0.1) is 0 Å². The van der Waals surface area contributed by atoms with E-state index >= 15 is 0 Å². The number of benzene rings is 1. The SMILES string of the molecule is CC[C@H](N)c1ccc(OCc2ccno2)cc1. The molecule has 0 aliphatic carbocycles. The molecule has 0 bridgehead atoms. The third-order valence-electron chi connectivity index (χ3n) is 2.62. The maximum atomic E-state index is 5.93. The summed E-state index contributed by atoms with van der Waals surface area (Å²) in [7, 11) is 0. The lowest BCUT2D eigenvalue weighted by molar-refractivity contribution is 0.249. The second kappa shape index (κ2) is 5.50. The Morgan fingerprint density at radius 1 is 1.29 bits per heavy atom. The number of nitrogens with two attached hydrogens (primary N) is 1. The molecule has 1 aromatic heterocycles. The molecule has 90 valence electrons. The first kappa shape index (κ1) is 11.7. The smallest absolute Gasteiger partial charge is 0.174 e. The van der Waals surface area contributed by atoms with Gasteiger partial charge in [-0.25, -0.2) is 0 Å². The Kier molecular flexibility index (Phi) is 3.77. The van der Waals surface area contributed by atoms with Crippen LogP contribution in [0, 0.1) is 0 Å². The topological polar surface area (TPSA) is 61.3 Å². The molecule has 17 heavy (non-hydrogen) atoms. The van der Waals surface area contributed by atoms with Gasteiger partial charge in [-0.2, -0.15) is 0 Å². The van der Waals surface area contributed by atoms with E-state index in [0.29, 0.717) is 12.4 Å². The Morgan fingerprint density at radius 3 is 2.65 bits per heavy atom. The van der Waals surface area contributed by atoms with Crippen LogP contribution in [0.4, 0.5) is 0 Å². The lowest BCUT2D eigenvalue weighted by Gasteiger charge is -2.10. The number of aromatic nitrogens is 1. The van der Waals surface area contributed by atoms with E-state index in [1.807, 2.05) is 24.3 Å². The van der Waals surface area contributed by atoms with Crippen molar-refractivity contribution in [2.75, 3.05) is 0 Å². The maximum absolute atomic E-state index is 5.93. The van der Waals surface area contributed by atoms with E-state index in [-0.39, 0.29) is 6.04 Å². The number of rotatable bonds is 5. The highest BCUT2D eigenvalue weighted by Crippen LogP contribution is 2.18. The quantitative estimate of drug-likeness (QED) is 0.860. The highest BCUT2D eigenvalue weighted by atomic mass is 16.5. The molecular formula is C13H16N2O2. The zero-order chi connectivity index (χ0) is 12.1. The van der Waals surface area contributed by atoms with E-state index in [1.54, 1.807) is 12.3 Å². The van der Waals surface area contributed by atoms with Crippen LogP contribution in [0.2, 0.25) is 0 Å². The van der Waals surface area contributed by atoms with Gasteiger partial charge in [-0.05, 0) is 24.1 Å². The Bertz CT molecular complexity index is 437. The Hall–Kier alpha value is -1.81. The third-order valence-corrected chi connectivity index (χ3v) is 2.62. The van der Waals surface area contributed by atoms with Gasteiger partial charge in [0.2, 0.25) is 0 Å². The standard InChI is InChI=1S/C13H16N2O2/c1-2-13(14)10-3-5-11(6-4-10)16-9-12-7-8-15-17-12/h3-8,13H,2,9,14H2,1H3/t13-/m0/s1. The molecule has 2 N–H and O–H groups in total. The van der Waals surface area contributed by atoms with Gasteiger partial charge in [-0.1, -0.05) is 24.2 Å². The van der Waals surface area contributed by atoms with E-state index < -0.39 is 0 Å². The van der Waals surface area contributed by atoms with E-state index in [4.69, 9.17) is 15.0 Å². The van der Waals surface area contributed by atoms with Crippen molar-refractivity contribution in [2.45, 2.75) is 26.0 Å². The molecule has 2 aromatic rings. The van der Waals surface area contributed by atoms with E-state index in [9.17, 15) is 0 Å². The molecule has 1 heterocycles. The summed E-state index contributed by atoms with van der Waals surface area (Å²) in [5.41, 5.74) is 7.06. The van der Waals surface area contributed by atoms with Crippen molar-refractivity contribution < 1.29 is 9.26 Å². The third kappa shape index (κ3) is 3.07. The predicted octanol–water partition coefficient (Wildman–Crippen LogP) is 2.66. The van der Waals surface area contributed by atoms with Gasteiger partial charge in [0.1, 0.15) is 12.4 Å². The molecule has 0 spiro atoms. The summed E-state index contributed by atoms with van der Waals surface area (Å²) < 4.78 is 10.5. The van der Waals surface area contributed by atoms with Crippen LogP contribution in [0.1, 0.15) is 30.7 Å². The Balaban J connectivity index is 1.94. The molecule has 4 heteroatoms. The number of ether oxygens (including phenoxy) is 1. The van der Waals surface area contributed by atoms with Crippen LogP contribution < -0.4 is 10.5 Å². The van der Waals surface area contributed by atoms with E-state index in [0.717, 1.165) is 17.7 Å². The summed E-state index contributed by atoms with van der Waals surface area (Å²) in [5.74, 6) is 1.51. The molecule has 0 saturated heterocycles. The molecule has 0 radical (unpaired) electrons. The van der Waals surface area contributed by atoms with Crippen LogP contribution in [-0.4, -0.2) is 5.16 Å². The van der Waals surface area contributed by atoms with Crippen LogP contribution in [0.3, 0.4) is 0 Å². The van der Waals surface area contributed by atoms with Crippen LogP contribution in [-0.2, 0) is 6.61 Å². The Morgan fingerprint density at radius 2 is 2.06 bits per heavy atom. The molecule has 0 saturated carbocycles. The van der Waals surface area contributed by atoms with Gasteiger partial charge in [0, 0.05) is 12.1 Å². The van der Waals surface area contributed by atoms with Gasteiger partial charge in [-0.3, -0.25) is 0 Å². The van der Waals surface area contributed by atoms with Crippen LogP contribution in [0.15, 0.2) is 41.1 Å². The predicted molar refractivity (Wildman–Crippen MR) is 64.5 cm³/mol. The van der Waals surface area contributed by atoms with Gasteiger partial charge in [0.15, 0.2) is 5.76 Å². The molecule has 0 aliphatic rings. The monoisotopic (exact) mass is 232 g/mol. The van der Waals surface area contributed by atoms with Crippen LogP contribution in [0.25, 0.3) is 0 Å². The molecule has 1 aromatic carbocycles. The second-order valence-corrected chi connectivity index (χ2v) is 3.85. The number of hydrogen-bond acceptors (Lipinski definition) is 4. The number of hydrogen-bond donors (Lipinski definition) is 1. The van der Waals surface area contributed by atoms with E-state index in [1.165, 1.54) is 0 Å².